The summed E-state index contributed by atoms with van der Waals surface area (Å²) < 4.78 is 32.5. The number of nitrogens with zero attached hydrogens (tertiary/aromatic N) is 1. The van der Waals surface area contributed by atoms with Crippen LogP contribution in [-0.2, 0) is 16.1 Å². The summed E-state index contributed by atoms with van der Waals surface area (Å²) in [5, 5.41) is 13.0. The zero-order valence-electron chi connectivity index (χ0n) is 20.9. The van der Waals surface area contributed by atoms with Gasteiger partial charge in [0.1, 0.15) is 6.04 Å². The number of halogens is 3. The normalized spacial score (nSPS) is 11.6. The molecule has 0 aliphatic carbocycles. The smallest absolute Gasteiger partial charge is 0.475 e. The Morgan fingerprint density at radius 3 is 2.17 bits per heavy atom. The maximum absolute atomic E-state index is 13.3. The lowest BCUT2D eigenvalue weighted by Gasteiger charge is -2.16. The number of carboxylic acids is 1. The maximum atomic E-state index is 13.3. The zero-order valence-corrected chi connectivity index (χ0v) is 21.7. The van der Waals surface area contributed by atoms with E-state index in [0.29, 0.717) is 28.9 Å². The molecular weight excluding hydrogens is 549 g/mol. The van der Waals surface area contributed by atoms with Crippen molar-refractivity contribution in [2.45, 2.75) is 25.7 Å². The highest BCUT2D eigenvalue weighted by Crippen LogP contribution is 2.29. The number of fused-ring (bicyclic) bond motifs is 1. The van der Waals surface area contributed by atoms with Crippen molar-refractivity contribution in [3.8, 4) is 0 Å². The van der Waals surface area contributed by atoms with E-state index in [1.807, 2.05) is 18.2 Å². The monoisotopic (exact) mass is 572 g/mol. The topological polar surface area (TPSA) is 151 Å². The molecule has 5 N–H and O–H groups in total. The molecule has 0 fully saturated rings. The molecule has 1 atom stereocenters. The number of rotatable bonds is 7. The molecule has 0 saturated heterocycles. The number of amides is 2. The van der Waals surface area contributed by atoms with Crippen molar-refractivity contribution in [1.29, 1.82) is 0 Å². The van der Waals surface area contributed by atoms with Gasteiger partial charge < -0.3 is 21.5 Å². The Morgan fingerprint density at radius 1 is 1.00 bits per heavy atom. The summed E-state index contributed by atoms with van der Waals surface area (Å²) in [5.74, 6) is -3.60. The molecule has 2 amide bonds. The van der Waals surface area contributed by atoms with Crippen LogP contribution in [0, 0.1) is 0 Å². The lowest BCUT2D eigenvalue weighted by molar-refractivity contribution is -0.192. The molecule has 0 spiro atoms. The number of hydrogen-bond donors (Lipinski definition) is 4. The van der Waals surface area contributed by atoms with Crippen LogP contribution in [0.15, 0.2) is 72.8 Å². The Morgan fingerprint density at radius 2 is 1.62 bits per heavy atom. The van der Waals surface area contributed by atoms with Gasteiger partial charge in [-0.15, -0.1) is 11.3 Å². The minimum atomic E-state index is -5.08. The van der Waals surface area contributed by atoms with E-state index in [1.54, 1.807) is 54.6 Å². The molecule has 0 bridgehead atoms. The molecule has 0 saturated carbocycles. The van der Waals surface area contributed by atoms with Gasteiger partial charge in [-0.25, -0.2) is 9.78 Å². The highest BCUT2D eigenvalue weighted by atomic mass is 32.1. The fourth-order valence-electron chi connectivity index (χ4n) is 3.37. The second-order valence-corrected chi connectivity index (χ2v) is 9.30. The first-order chi connectivity index (χ1) is 18.9. The van der Waals surface area contributed by atoms with Gasteiger partial charge in [-0.1, -0.05) is 42.5 Å². The van der Waals surface area contributed by atoms with Gasteiger partial charge >= 0.3 is 12.1 Å². The molecular formula is C27H23F3N4O5S. The second kappa shape index (κ2) is 13.0. The van der Waals surface area contributed by atoms with Crippen molar-refractivity contribution in [2.24, 2.45) is 5.73 Å². The minimum Gasteiger partial charge on any atom is -0.475 e. The summed E-state index contributed by atoms with van der Waals surface area (Å²) in [4.78, 5) is 50.9. The number of anilines is 1. The quantitative estimate of drug-likeness (QED) is 0.234. The highest BCUT2D eigenvalue weighted by Gasteiger charge is 2.38. The van der Waals surface area contributed by atoms with Gasteiger partial charge in [-0.05, 0) is 41.5 Å². The van der Waals surface area contributed by atoms with Crippen molar-refractivity contribution in [2.75, 3.05) is 5.32 Å². The van der Waals surface area contributed by atoms with E-state index in [2.05, 4.69) is 15.6 Å². The number of carboxylic acid groups (broad SMARTS) is 1. The third kappa shape index (κ3) is 7.94. The zero-order chi connectivity index (χ0) is 29.4. The summed E-state index contributed by atoms with van der Waals surface area (Å²) in [6.07, 6.45) is -5.08. The number of thiazole rings is 1. The first kappa shape index (κ1) is 29.9. The van der Waals surface area contributed by atoms with E-state index in [0.717, 1.165) is 10.3 Å². The molecule has 208 valence electrons. The van der Waals surface area contributed by atoms with E-state index in [1.165, 1.54) is 18.3 Å². The van der Waals surface area contributed by atoms with Gasteiger partial charge in [-0.3, -0.25) is 14.4 Å². The van der Waals surface area contributed by atoms with Crippen LogP contribution >= 0.6 is 11.3 Å². The van der Waals surface area contributed by atoms with Crippen LogP contribution in [0.2, 0.25) is 0 Å². The average Bonchev–Trinajstić information content (AvgIpc) is 3.35. The largest absolute Gasteiger partial charge is 0.490 e. The number of carbonyl (C=O) groups excluding carboxylic acids is 3. The van der Waals surface area contributed by atoms with Crippen molar-refractivity contribution in [3.05, 3.63) is 94.5 Å². The summed E-state index contributed by atoms with van der Waals surface area (Å²) in [6, 6.07) is 20.6. The number of ketones is 1. The van der Waals surface area contributed by atoms with Crippen LogP contribution in [0.25, 0.3) is 10.2 Å². The first-order valence-electron chi connectivity index (χ1n) is 11.6. The van der Waals surface area contributed by atoms with Crippen LogP contribution in [-0.4, -0.2) is 39.8 Å². The van der Waals surface area contributed by atoms with E-state index in [4.69, 9.17) is 15.6 Å². The van der Waals surface area contributed by atoms with Gasteiger partial charge in [0.25, 0.3) is 5.91 Å². The molecule has 4 rings (SSSR count). The standard InChI is InChI=1S/C25H22N4O3S.C2HF3O2/c1-15(30)27-22(17-9-7-16(14-26)8-10-17)23(31)25-29-20-12-11-19(13-21(20)33-25)28-24(32)18-5-3-2-4-6-18;3-2(4,5)1(6)7/h2-13,22H,14,26H2,1H3,(H,27,30)(H,28,32);(H,6,7). The van der Waals surface area contributed by atoms with Gasteiger partial charge in [0.15, 0.2) is 5.01 Å². The second-order valence-electron chi connectivity index (χ2n) is 8.27. The first-order valence-corrected chi connectivity index (χ1v) is 12.4. The van der Waals surface area contributed by atoms with E-state index in [-0.39, 0.29) is 22.6 Å². The molecule has 3 aromatic carbocycles. The molecule has 0 aliphatic rings. The summed E-state index contributed by atoms with van der Waals surface area (Å²) in [7, 11) is 0. The molecule has 40 heavy (non-hydrogen) atoms. The lowest BCUT2D eigenvalue weighted by Crippen LogP contribution is -2.32. The molecule has 1 heterocycles. The maximum Gasteiger partial charge on any atom is 0.490 e. The van der Waals surface area contributed by atoms with Crippen molar-refractivity contribution < 1.29 is 37.5 Å². The molecule has 13 heteroatoms. The number of nitrogens with two attached hydrogens (primary N) is 1. The van der Waals surface area contributed by atoms with Crippen LogP contribution in [0.4, 0.5) is 18.9 Å². The summed E-state index contributed by atoms with van der Waals surface area (Å²) >= 11 is 1.22. The lowest BCUT2D eigenvalue weighted by atomic mass is 10.0. The Labute approximate surface area is 229 Å². The number of hydrogen-bond acceptors (Lipinski definition) is 7. The molecule has 1 aromatic heterocycles. The minimum absolute atomic E-state index is 0.220. The van der Waals surface area contributed by atoms with Crippen molar-refractivity contribution in [3.63, 3.8) is 0 Å². The fraction of sp³-hybridized carbons (Fsp3) is 0.148. The van der Waals surface area contributed by atoms with Crippen LogP contribution in [0.1, 0.15) is 44.3 Å². The predicted molar refractivity (Wildman–Crippen MR) is 143 cm³/mol. The highest BCUT2D eigenvalue weighted by molar-refractivity contribution is 7.20. The number of benzene rings is 3. The summed E-state index contributed by atoms with van der Waals surface area (Å²) in [6.45, 7) is 1.76. The van der Waals surface area contributed by atoms with Gasteiger partial charge in [0, 0.05) is 24.7 Å². The molecule has 9 nitrogen and oxygen atoms in total. The number of nitrogens with one attached hydrogen (secondary N) is 2. The van der Waals surface area contributed by atoms with Gasteiger partial charge in [0.05, 0.1) is 10.2 Å². The third-order valence-corrected chi connectivity index (χ3v) is 6.33. The number of carbonyl (C=O) groups is 4. The average molecular weight is 573 g/mol. The Balaban J connectivity index is 0.000000559. The summed E-state index contributed by atoms with van der Waals surface area (Å²) in [5.41, 5.74) is 9.04. The third-order valence-electron chi connectivity index (χ3n) is 5.29. The van der Waals surface area contributed by atoms with Crippen molar-refractivity contribution >= 4 is 50.8 Å². The predicted octanol–water partition coefficient (Wildman–Crippen LogP) is 4.70. The number of Topliss-reactive ketones (excluding diaryl/α,β-unsaturated/α-hetero) is 1. The van der Waals surface area contributed by atoms with E-state index < -0.39 is 18.2 Å². The molecule has 0 aliphatic heterocycles. The Hall–Kier alpha value is -4.62. The SMILES string of the molecule is CC(=O)NC(C(=O)c1nc2ccc(NC(=O)c3ccccc3)cc2s1)c1ccc(CN)cc1.O=C(O)C(F)(F)F. The fourth-order valence-corrected chi connectivity index (χ4v) is 4.35. The number of aromatic nitrogens is 1. The van der Waals surface area contributed by atoms with E-state index >= 15 is 0 Å². The molecule has 4 aromatic rings. The number of alkyl halides is 3. The van der Waals surface area contributed by atoms with Crippen LogP contribution in [0.5, 0.6) is 0 Å². The van der Waals surface area contributed by atoms with E-state index in [9.17, 15) is 27.6 Å². The van der Waals surface area contributed by atoms with Gasteiger partial charge in [-0.2, -0.15) is 13.2 Å². The molecule has 1 unspecified atom stereocenters. The Bertz CT molecular complexity index is 1520. The Kier molecular flexibility index (Phi) is 9.69. The van der Waals surface area contributed by atoms with Crippen LogP contribution < -0.4 is 16.4 Å². The van der Waals surface area contributed by atoms with Gasteiger partial charge in [0.2, 0.25) is 11.7 Å². The molecule has 0 radical (unpaired) electrons. The number of aliphatic carboxylic acids is 1. The van der Waals surface area contributed by atoms with Crippen molar-refractivity contribution in [1.82, 2.24) is 10.3 Å². The van der Waals surface area contributed by atoms with Crippen LogP contribution in [0.3, 0.4) is 0 Å².